The predicted molar refractivity (Wildman–Crippen MR) is 74.3 cm³/mol. The van der Waals surface area contributed by atoms with Crippen molar-refractivity contribution in [2.75, 3.05) is 18.5 Å². The Balaban J connectivity index is 1.99. The van der Waals surface area contributed by atoms with Gasteiger partial charge in [0.05, 0.1) is 11.5 Å². The summed E-state index contributed by atoms with van der Waals surface area (Å²) in [6, 6.07) is 5.26. The summed E-state index contributed by atoms with van der Waals surface area (Å²) in [5.74, 6) is 0.709. The van der Waals surface area contributed by atoms with Gasteiger partial charge in [-0.15, -0.1) is 0 Å². The highest BCUT2D eigenvalue weighted by Gasteiger charge is 2.21. The van der Waals surface area contributed by atoms with Gasteiger partial charge in [0.1, 0.15) is 5.69 Å². The van der Waals surface area contributed by atoms with Gasteiger partial charge in [-0.3, -0.25) is 10.1 Å². The maximum Gasteiger partial charge on any atom is 0.292 e. The largest absolute Gasteiger partial charge is 0.380 e. The smallest absolute Gasteiger partial charge is 0.292 e. The van der Waals surface area contributed by atoms with Crippen LogP contribution in [0.25, 0.3) is 0 Å². The first-order valence-electron chi connectivity index (χ1n) is 6.79. The van der Waals surface area contributed by atoms with Gasteiger partial charge in [-0.2, -0.15) is 0 Å². The summed E-state index contributed by atoms with van der Waals surface area (Å²) >= 11 is 0. The molecule has 1 aromatic carbocycles. The van der Waals surface area contributed by atoms with E-state index in [0.29, 0.717) is 18.2 Å². The van der Waals surface area contributed by atoms with E-state index >= 15 is 0 Å². The van der Waals surface area contributed by atoms with Crippen LogP contribution in [0.2, 0.25) is 0 Å². The highest BCUT2D eigenvalue weighted by atomic mass is 16.6. The van der Waals surface area contributed by atoms with Crippen LogP contribution in [-0.4, -0.2) is 18.1 Å². The van der Waals surface area contributed by atoms with Crippen LogP contribution in [0.5, 0.6) is 0 Å². The van der Waals surface area contributed by atoms with Gasteiger partial charge in [0.25, 0.3) is 5.69 Å². The van der Waals surface area contributed by atoms with Gasteiger partial charge in [-0.05, 0) is 36.8 Å². The van der Waals surface area contributed by atoms with Crippen LogP contribution in [0.3, 0.4) is 0 Å². The second-order valence-corrected chi connectivity index (χ2v) is 4.99. The first-order valence-corrected chi connectivity index (χ1v) is 6.79. The van der Waals surface area contributed by atoms with Crippen LogP contribution in [0.1, 0.15) is 31.7 Å². The number of benzene rings is 1. The monoisotopic (exact) mass is 264 g/mol. The van der Waals surface area contributed by atoms with E-state index < -0.39 is 0 Å². The summed E-state index contributed by atoms with van der Waals surface area (Å²) in [6.07, 6.45) is 3.43. The quantitative estimate of drug-likeness (QED) is 0.577. The van der Waals surface area contributed by atoms with E-state index in [1.807, 2.05) is 13.0 Å². The zero-order chi connectivity index (χ0) is 13.7. The Labute approximate surface area is 113 Å². The molecule has 0 spiro atoms. The molecule has 0 heterocycles. The van der Waals surface area contributed by atoms with Gasteiger partial charge in [-0.1, -0.05) is 13.0 Å². The molecular formula is C14H20N2O3. The van der Waals surface area contributed by atoms with E-state index in [1.54, 1.807) is 12.1 Å². The lowest BCUT2D eigenvalue weighted by Crippen LogP contribution is -2.04. The molecule has 0 bridgehead atoms. The number of nitro benzene ring substituents is 1. The number of ether oxygens (including phenoxy) is 1. The molecule has 0 aliphatic heterocycles. The molecule has 0 amide bonds. The van der Waals surface area contributed by atoms with Gasteiger partial charge in [-0.25, -0.2) is 0 Å². The molecule has 0 atom stereocenters. The number of nitrogens with one attached hydrogen (secondary N) is 1. The first kappa shape index (κ1) is 13.8. The minimum absolute atomic E-state index is 0.126. The highest BCUT2D eigenvalue weighted by Crippen LogP contribution is 2.30. The lowest BCUT2D eigenvalue weighted by atomic mass is 10.2. The fourth-order valence-electron chi connectivity index (χ4n) is 1.86. The Morgan fingerprint density at radius 2 is 2.26 bits per heavy atom. The molecule has 0 unspecified atom stereocenters. The molecule has 19 heavy (non-hydrogen) atoms. The van der Waals surface area contributed by atoms with Crippen LogP contribution >= 0.6 is 0 Å². The topological polar surface area (TPSA) is 64.4 Å². The van der Waals surface area contributed by atoms with Crippen molar-refractivity contribution in [1.29, 1.82) is 0 Å². The Morgan fingerprint density at radius 1 is 1.47 bits per heavy atom. The molecule has 5 heteroatoms. The van der Waals surface area contributed by atoms with Gasteiger partial charge < -0.3 is 10.1 Å². The summed E-state index contributed by atoms with van der Waals surface area (Å²) in [5, 5.41) is 14.1. The average Bonchev–Trinajstić information content (AvgIpc) is 3.21. The SMILES string of the molecule is CCCNc1ccc(COCC2CC2)cc1[N+](=O)[O-]. The van der Waals surface area contributed by atoms with Gasteiger partial charge in [0.2, 0.25) is 0 Å². The summed E-state index contributed by atoms with van der Waals surface area (Å²) in [6.45, 7) is 3.98. The first-order chi connectivity index (χ1) is 9.20. The maximum atomic E-state index is 11.1. The van der Waals surface area contributed by atoms with Gasteiger partial charge in [0.15, 0.2) is 0 Å². The molecule has 1 saturated carbocycles. The molecule has 1 aliphatic rings. The van der Waals surface area contributed by atoms with Crippen molar-refractivity contribution >= 4 is 11.4 Å². The van der Waals surface area contributed by atoms with Crippen molar-refractivity contribution in [2.45, 2.75) is 32.8 Å². The molecule has 5 nitrogen and oxygen atoms in total. The van der Waals surface area contributed by atoms with Crippen LogP contribution in [0.4, 0.5) is 11.4 Å². The van der Waals surface area contributed by atoms with Crippen LogP contribution in [-0.2, 0) is 11.3 Å². The lowest BCUT2D eigenvalue weighted by molar-refractivity contribution is -0.384. The Hall–Kier alpha value is -1.62. The third kappa shape index (κ3) is 4.21. The van der Waals surface area contributed by atoms with E-state index in [9.17, 15) is 10.1 Å². The lowest BCUT2D eigenvalue weighted by Gasteiger charge is -2.08. The summed E-state index contributed by atoms with van der Waals surface area (Å²) in [7, 11) is 0. The molecule has 104 valence electrons. The normalized spacial score (nSPS) is 14.4. The second-order valence-electron chi connectivity index (χ2n) is 4.99. The van der Waals surface area contributed by atoms with Gasteiger partial charge in [0, 0.05) is 19.2 Å². The molecule has 2 rings (SSSR count). The molecule has 0 radical (unpaired) electrons. The number of nitrogens with zero attached hydrogens (tertiary/aromatic N) is 1. The molecule has 0 saturated heterocycles. The number of hydrogen-bond acceptors (Lipinski definition) is 4. The number of hydrogen-bond donors (Lipinski definition) is 1. The molecule has 1 aliphatic carbocycles. The van der Waals surface area contributed by atoms with Crippen LogP contribution < -0.4 is 5.32 Å². The summed E-state index contributed by atoms with van der Waals surface area (Å²) in [4.78, 5) is 10.7. The molecule has 1 aromatic rings. The van der Waals surface area contributed by atoms with Crippen LogP contribution in [0, 0.1) is 16.0 Å². The van der Waals surface area contributed by atoms with Crippen molar-refractivity contribution in [3.63, 3.8) is 0 Å². The van der Waals surface area contributed by atoms with Crippen molar-refractivity contribution < 1.29 is 9.66 Å². The molecule has 1 fully saturated rings. The molecule has 1 N–H and O–H groups in total. The molecule has 0 aromatic heterocycles. The number of anilines is 1. The average molecular weight is 264 g/mol. The van der Waals surface area contributed by atoms with E-state index in [0.717, 1.165) is 25.1 Å². The fourth-order valence-corrected chi connectivity index (χ4v) is 1.86. The molecular weight excluding hydrogens is 244 g/mol. The van der Waals surface area contributed by atoms with Crippen molar-refractivity contribution in [2.24, 2.45) is 5.92 Å². The Kier molecular flexibility index (Phi) is 4.74. The van der Waals surface area contributed by atoms with E-state index in [1.165, 1.54) is 12.8 Å². The van der Waals surface area contributed by atoms with Gasteiger partial charge >= 0.3 is 0 Å². The predicted octanol–water partition coefficient (Wildman–Crippen LogP) is 3.34. The Bertz CT molecular complexity index is 444. The third-order valence-electron chi connectivity index (χ3n) is 3.14. The zero-order valence-corrected chi connectivity index (χ0v) is 11.2. The zero-order valence-electron chi connectivity index (χ0n) is 11.2. The summed E-state index contributed by atoms with van der Waals surface area (Å²) < 4.78 is 5.56. The second kappa shape index (κ2) is 6.52. The minimum Gasteiger partial charge on any atom is -0.380 e. The van der Waals surface area contributed by atoms with Crippen molar-refractivity contribution in [3.8, 4) is 0 Å². The summed E-state index contributed by atoms with van der Waals surface area (Å²) in [5.41, 5.74) is 1.56. The number of rotatable bonds is 8. The van der Waals surface area contributed by atoms with E-state index in [4.69, 9.17) is 4.74 Å². The van der Waals surface area contributed by atoms with Crippen molar-refractivity contribution in [1.82, 2.24) is 0 Å². The van der Waals surface area contributed by atoms with Crippen LogP contribution in [0.15, 0.2) is 18.2 Å². The fraction of sp³-hybridized carbons (Fsp3) is 0.571. The number of nitro groups is 1. The minimum atomic E-state index is -0.345. The Morgan fingerprint density at radius 3 is 2.89 bits per heavy atom. The van der Waals surface area contributed by atoms with E-state index in [-0.39, 0.29) is 10.6 Å². The highest BCUT2D eigenvalue weighted by molar-refractivity contribution is 5.62. The van der Waals surface area contributed by atoms with E-state index in [2.05, 4.69) is 5.32 Å². The third-order valence-corrected chi connectivity index (χ3v) is 3.14. The van der Waals surface area contributed by atoms with Crippen molar-refractivity contribution in [3.05, 3.63) is 33.9 Å². The maximum absolute atomic E-state index is 11.1. The standard InChI is InChI=1S/C14H20N2O3/c1-2-7-15-13-6-5-12(8-14(13)16(17)18)10-19-9-11-3-4-11/h5-6,8,11,15H,2-4,7,9-10H2,1H3.